The van der Waals surface area contributed by atoms with E-state index in [2.05, 4.69) is 14.8 Å². The average molecular weight is 106 g/mol. The SMILES string of the molecule is OCC1COOO1. The molecule has 1 aliphatic rings. The molecule has 1 atom stereocenters. The van der Waals surface area contributed by atoms with Crippen LogP contribution in [0, 0.1) is 0 Å². The van der Waals surface area contributed by atoms with Gasteiger partial charge in [-0.3, -0.25) is 0 Å². The van der Waals surface area contributed by atoms with Crippen molar-refractivity contribution in [2.45, 2.75) is 6.10 Å². The third-order valence-electron chi connectivity index (χ3n) is 0.681. The first-order valence-electron chi connectivity index (χ1n) is 1.99. The van der Waals surface area contributed by atoms with Crippen LogP contribution in [0.2, 0.25) is 0 Å². The summed E-state index contributed by atoms with van der Waals surface area (Å²) in [7, 11) is 0. The predicted molar refractivity (Wildman–Crippen MR) is 19.0 cm³/mol. The molecule has 0 aromatic carbocycles. The Balaban J connectivity index is 2.14. The van der Waals surface area contributed by atoms with Gasteiger partial charge < -0.3 is 5.11 Å². The minimum atomic E-state index is -0.292. The van der Waals surface area contributed by atoms with Crippen LogP contribution in [-0.4, -0.2) is 24.4 Å². The zero-order valence-corrected chi connectivity index (χ0v) is 3.66. The first-order chi connectivity index (χ1) is 3.43. The maximum Gasteiger partial charge on any atom is 0.146 e. The third kappa shape index (κ3) is 1.10. The molecule has 42 valence electrons. The van der Waals surface area contributed by atoms with Crippen LogP contribution in [0.25, 0.3) is 0 Å². The fourth-order valence-electron chi connectivity index (χ4n) is 0.298. The molecule has 7 heavy (non-hydrogen) atoms. The summed E-state index contributed by atoms with van der Waals surface area (Å²) in [4.78, 5) is 8.60. The summed E-state index contributed by atoms with van der Waals surface area (Å²) in [6.45, 7) is 0.260. The van der Waals surface area contributed by atoms with Gasteiger partial charge in [-0.25, -0.2) is 4.89 Å². The topological polar surface area (TPSA) is 47.9 Å². The molecule has 0 bridgehead atoms. The number of aliphatic hydroxyl groups is 1. The molecule has 0 spiro atoms. The van der Waals surface area contributed by atoms with Crippen molar-refractivity contribution >= 4 is 0 Å². The van der Waals surface area contributed by atoms with Gasteiger partial charge in [-0.1, -0.05) is 5.04 Å². The van der Waals surface area contributed by atoms with Gasteiger partial charge in [0.15, 0.2) is 0 Å². The van der Waals surface area contributed by atoms with Crippen molar-refractivity contribution in [3.8, 4) is 0 Å². The normalized spacial score (nSPS) is 31.3. The zero-order valence-electron chi connectivity index (χ0n) is 3.66. The lowest BCUT2D eigenvalue weighted by molar-refractivity contribution is -0.460. The van der Waals surface area contributed by atoms with Crippen molar-refractivity contribution in [1.29, 1.82) is 0 Å². The Morgan fingerprint density at radius 2 is 2.57 bits per heavy atom. The molecule has 1 rings (SSSR count). The average Bonchev–Trinajstić information content (AvgIpc) is 2.14. The fraction of sp³-hybridized carbons (Fsp3) is 1.00. The summed E-state index contributed by atoms with van der Waals surface area (Å²) >= 11 is 0. The first kappa shape index (κ1) is 4.99. The van der Waals surface area contributed by atoms with Crippen molar-refractivity contribution in [2.24, 2.45) is 0 Å². The summed E-state index contributed by atoms with van der Waals surface area (Å²) in [6.07, 6.45) is -0.292. The van der Waals surface area contributed by atoms with E-state index in [0.29, 0.717) is 6.61 Å². The molecule has 0 amide bonds. The van der Waals surface area contributed by atoms with Crippen LogP contribution in [0.3, 0.4) is 0 Å². The van der Waals surface area contributed by atoms with Gasteiger partial charge in [-0.2, -0.15) is 4.89 Å². The van der Waals surface area contributed by atoms with Gasteiger partial charge in [0.25, 0.3) is 0 Å². The third-order valence-corrected chi connectivity index (χ3v) is 0.681. The number of aliphatic hydroxyl groups excluding tert-OH is 1. The van der Waals surface area contributed by atoms with Gasteiger partial charge >= 0.3 is 0 Å². The van der Waals surface area contributed by atoms with E-state index >= 15 is 0 Å². The van der Waals surface area contributed by atoms with Crippen LogP contribution in [0.4, 0.5) is 0 Å². The quantitative estimate of drug-likeness (QED) is 0.446. The fourth-order valence-corrected chi connectivity index (χ4v) is 0.298. The summed E-state index contributed by atoms with van der Waals surface area (Å²) < 4.78 is 0. The molecule has 1 aliphatic heterocycles. The Bertz CT molecular complexity index is 48.9. The van der Waals surface area contributed by atoms with Gasteiger partial charge in [-0.15, -0.1) is 0 Å². The number of hydrogen-bond acceptors (Lipinski definition) is 4. The molecule has 1 N–H and O–H groups in total. The summed E-state index contributed by atoms with van der Waals surface area (Å²) in [5.74, 6) is 0. The monoisotopic (exact) mass is 106 g/mol. The van der Waals surface area contributed by atoms with Crippen LogP contribution >= 0.6 is 0 Å². The van der Waals surface area contributed by atoms with E-state index in [1.807, 2.05) is 0 Å². The van der Waals surface area contributed by atoms with Crippen molar-refractivity contribution in [2.75, 3.05) is 13.2 Å². The van der Waals surface area contributed by atoms with E-state index in [4.69, 9.17) is 5.11 Å². The van der Waals surface area contributed by atoms with Crippen molar-refractivity contribution in [3.05, 3.63) is 0 Å². The predicted octanol–water partition coefficient (Wildman–Crippen LogP) is -0.759. The van der Waals surface area contributed by atoms with Crippen molar-refractivity contribution in [1.82, 2.24) is 0 Å². The van der Waals surface area contributed by atoms with E-state index in [1.54, 1.807) is 0 Å². The summed E-state index contributed by atoms with van der Waals surface area (Å²) in [6, 6.07) is 0. The van der Waals surface area contributed by atoms with Crippen LogP contribution in [0.1, 0.15) is 0 Å². The zero-order chi connectivity index (χ0) is 5.11. The first-order valence-corrected chi connectivity index (χ1v) is 1.99. The molecule has 1 saturated heterocycles. The minimum absolute atomic E-state index is 0.0556. The van der Waals surface area contributed by atoms with E-state index < -0.39 is 0 Å². The lowest BCUT2D eigenvalue weighted by atomic mass is 10.4. The van der Waals surface area contributed by atoms with Gasteiger partial charge in [0, 0.05) is 0 Å². The second-order valence-electron chi connectivity index (χ2n) is 1.25. The van der Waals surface area contributed by atoms with E-state index in [9.17, 15) is 0 Å². The van der Waals surface area contributed by atoms with Crippen LogP contribution in [0.5, 0.6) is 0 Å². The van der Waals surface area contributed by atoms with Crippen LogP contribution in [0.15, 0.2) is 0 Å². The largest absolute Gasteiger partial charge is 0.393 e. The van der Waals surface area contributed by atoms with Crippen LogP contribution < -0.4 is 0 Å². The molecule has 0 saturated carbocycles. The van der Waals surface area contributed by atoms with Gasteiger partial charge in [0.1, 0.15) is 12.7 Å². The van der Waals surface area contributed by atoms with Crippen LogP contribution in [-0.2, 0) is 14.8 Å². The second kappa shape index (κ2) is 2.23. The molecular formula is C3H6O4. The Hall–Kier alpha value is -0.160. The second-order valence-corrected chi connectivity index (χ2v) is 1.25. The summed E-state index contributed by atoms with van der Waals surface area (Å²) in [5, 5.41) is 12.3. The molecule has 4 nitrogen and oxygen atoms in total. The molecule has 1 heterocycles. The Labute approximate surface area is 40.5 Å². The highest BCUT2D eigenvalue weighted by atomic mass is 17.5. The van der Waals surface area contributed by atoms with Gasteiger partial charge in [-0.05, 0) is 0 Å². The molecule has 1 unspecified atom stereocenters. The molecule has 0 aromatic rings. The highest BCUT2D eigenvalue weighted by Crippen LogP contribution is 2.01. The number of rotatable bonds is 1. The summed E-state index contributed by atoms with van der Waals surface area (Å²) in [5.41, 5.74) is 0. The van der Waals surface area contributed by atoms with E-state index in [1.165, 1.54) is 0 Å². The van der Waals surface area contributed by atoms with Gasteiger partial charge in [0.2, 0.25) is 0 Å². The Morgan fingerprint density at radius 3 is 2.86 bits per heavy atom. The minimum Gasteiger partial charge on any atom is -0.393 e. The van der Waals surface area contributed by atoms with Crippen molar-refractivity contribution in [3.63, 3.8) is 0 Å². The van der Waals surface area contributed by atoms with E-state index in [-0.39, 0.29) is 12.7 Å². The molecule has 4 heteroatoms. The molecule has 0 aliphatic carbocycles. The maximum absolute atomic E-state index is 8.28. The molecule has 0 aromatic heterocycles. The highest BCUT2D eigenvalue weighted by molar-refractivity contribution is 4.49. The number of hydrogen-bond donors (Lipinski definition) is 1. The van der Waals surface area contributed by atoms with Gasteiger partial charge in [0.05, 0.1) is 6.61 Å². The lowest BCUT2D eigenvalue weighted by Crippen LogP contribution is -2.13. The van der Waals surface area contributed by atoms with E-state index in [0.717, 1.165) is 0 Å². The standard InChI is InChI=1S/C3H6O4/c4-1-3-2-5-7-6-3/h3-4H,1-2H2. The molecule has 0 radical (unpaired) electrons. The lowest BCUT2D eigenvalue weighted by Gasteiger charge is -1.93. The molecular weight excluding hydrogens is 100 g/mol. The molecule has 1 fully saturated rings. The van der Waals surface area contributed by atoms with Crippen molar-refractivity contribution < 1.29 is 19.9 Å². The highest BCUT2D eigenvalue weighted by Gasteiger charge is 2.16. The Kier molecular flexibility index (Phi) is 1.59. The smallest absolute Gasteiger partial charge is 0.146 e. The Morgan fingerprint density at radius 1 is 1.71 bits per heavy atom. The maximum atomic E-state index is 8.28.